The lowest BCUT2D eigenvalue weighted by molar-refractivity contribution is 0.420. The first kappa shape index (κ1) is 16.4. The molecule has 0 atom stereocenters. The smallest absolute Gasteiger partial charge is 0.138 e. The van der Waals surface area contributed by atoms with E-state index < -0.39 is 0 Å². The van der Waals surface area contributed by atoms with Crippen LogP contribution >= 0.6 is 11.8 Å². The van der Waals surface area contributed by atoms with E-state index in [9.17, 15) is 0 Å². The number of aromatic nitrogens is 2. The van der Waals surface area contributed by atoms with Crippen molar-refractivity contribution in [3.63, 3.8) is 0 Å². The third kappa shape index (κ3) is 7.53. The van der Waals surface area contributed by atoms with Gasteiger partial charge in [-0.1, -0.05) is 13.8 Å². The van der Waals surface area contributed by atoms with E-state index in [4.69, 9.17) is 0 Å². The first-order valence-electron chi connectivity index (χ1n) is 6.92. The lowest BCUT2D eigenvalue weighted by Crippen LogP contribution is -2.35. The average molecular weight is 281 g/mol. The van der Waals surface area contributed by atoms with Crippen LogP contribution in [0.15, 0.2) is 6.07 Å². The van der Waals surface area contributed by atoms with Gasteiger partial charge in [0.25, 0.3) is 0 Å². The summed E-state index contributed by atoms with van der Waals surface area (Å²) >= 11 is 1.91. The Morgan fingerprint density at radius 1 is 1.26 bits per heavy atom. The average Bonchev–Trinajstić information content (AvgIpc) is 2.24. The third-order valence-corrected chi connectivity index (χ3v) is 3.80. The second kappa shape index (κ2) is 7.25. The Bertz CT molecular complexity index is 397. The van der Waals surface area contributed by atoms with Crippen LogP contribution in [-0.4, -0.2) is 21.3 Å². The predicted molar refractivity (Wildman–Crippen MR) is 84.4 cm³/mol. The van der Waals surface area contributed by atoms with Gasteiger partial charge in [-0.3, -0.25) is 0 Å². The van der Waals surface area contributed by atoms with Gasteiger partial charge in [0.1, 0.15) is 5.82 Å². The van der Waals surface area contributed by atoms with E-state index in [1.807, 2.05) is 18.7 Å². The standard InChI is InChI=1S/C15H27N3S/c1-11(2)9-19-10-14-17-12(3)7-13(18-14)8-16-15(4,5)6/h7,11,16H,8-10H2,1-6H3. The molecule has 1 rings (SSSR count). The molecule has 1 N–H and O–H groups in total. The molecule has 0 amide bonds. The lowest BCUT2D eigenvalue weighted by Gasteiger charge is -2.20. The molecule has 0 radical (unpaired) electrons. The van der Waals surface area contributed by atoms with E-state index in [1.165, 1.54) is 0 Å². The molecular weight excluding hydrogens is 254 g/mol. The molecule has 0 aliphatic heterocycles. The number of aryl methyl sites for hydroxylation is 1. The summed E-state index contributed by atoms with van der Waals surface area (Å²) in [6.45, 7) is 13.8. The van der Waals surface area contributed by atoms with E-state index in [0.717, 1.165) is 41.2 Å². The fourth-order valence-electron chi connectivity index (χ4n) is 1.60. The molecule has 0 unspecified atom stereocenters. The van der Waals surface area contributed by atoms with Crippen LogP contribution in [0.5, 0.6) is 0 Å². The lowest BCUT2D eigenvalue weighted by atomic mass is 10.1. The molecule has 108 valence electrons. The minimum absolute atomic E-state index is 0.116. The zero-order valence-corrected chi connectivity index (χ0v) is 13.9. The van der Waals surface area contributed by atoms with Crippen LogP contribution in [0.1, 0.15) is 51.8 Å². The summed E-state index contributed by atoms with van der Waals surface area (Å²) in [5.41, 5.74) is 2.26. The molecule has 0 aromatic carbocycles. The fraction of sp³-hybridized carbons (Fsp3) is 0.733. The Hall–Kier alpha value is -0.610. The molecule has 1 aromatic heterocycles. The van der Waals surface area contributed by atoms with Gasteiger partial charge in [0.15, 0.2) is 0 Å². The Morgan fingerprint density at radius 3 is 2.53 bits per heavy atom. The fourth-order valence-corrected chi connectivity index (χ4v) is 2.50. The van der Waals surface area contributed by atoms with Gasteiger partial charge < -0.3 is 5.32 Å². The highest BCUT2D eigenvalue weighted by Crippen LogP contribution is 2.14. The summed E-state index contributed by atoms with van der Waals surface area (Å²) in [5.74, 6) is 3.74. The number of nitrogens with zero attached hydrogens (tertiary/aromatic N) is 2. The third-order valence-electron chi connectivity index (χ3n) is 2.44. The Morgan fingerprint density at radius 2 is 1.95 bits per heavy atom. The van der Waals surface area contributed by atoms with Crippen LogP contribution in [0.2, 0.25) is 0 Å². The van der Waals surface area contributed by atoms with Crippen molar-refractivity contribution < 1.29 is 0 Å². The largest absolute Gasteiger partial charge is 0.306 e. The van der Waals surface area contributed by atoms with Crippen molar-refractivity contribution in [2.24, 2.45) is 5.92 Å². The van der Waals surface area contributed by atoms with Gasteiger partial charge in [-0.25, -0.2) is 9.97 Å². The number of hydrogen-bond acceptors (Lipinski definition) is 4. The van der Waals surface area contributed by atoms with Crippen LogP contribution < -0.4 is 5.32 Å². The molecule has 0 fully saturated rings. The molecule has 4 heteroatoms. The van der Waals surface area contributed by atoms with Crippen molar-refractivity contribution in [1.29, 1.82) is 0 Å². The van der Waals surface area contributed by atoms with E-state index in [2.05, 4.69) is 56.0 Å². The Kier molecular flexibility index (Phi) is 6.27. The molecule has 19 heavy (non-hydrogen) atoms. The highest BCUT2D eigenvalue weighted by atomic mass is 32.2. The van der Waals surface area contributed by atoms with E-state index in [0.29, 0.717) is 0 Å². The van der Waals surface area contributed by atoms with Gasteiger partial charge in [0, 0.05) is 17.8 Å². The van der Waals surface area contributed by atoms with Gasteiger partial charge in [-0.2, -0.15) is 11.8 Å². The summed E-state index contributed by atoms with van der Waals surface area (Å²) < 4.78 is 0. The van der Waals surface area contributed by atoms with Crippen molar-refractivity contribution in [3.05, 3.63) is 23.3 Å². The Balaban J connectivity index is 2.61. The van der Waals surface area contributed by atoms with Gasteiger partial charge in [-0.15, -0.1) is 0 Å². The molecular formula is C15H27N3S. The topological polar surface area (TPSA) is 37.8 Å². The van der Waals surface area contributed by atoms with Crippen LogP contribution in [0.25, 0.3) is 0 Å². The van der Waals surface area contributed by atoms with Crippen LogP contribution in [0.3, 0.4) is 0 Å². The number of rotatable bonds is 6. The second-order valence-electron chi connectivity index (χ2n) is 6.43. The minimum Gasteiger partial charge on any atom is -0.306 e. The van der Waals surface area contributed by atoms with E-state index in [1.54, 1.807) is 0 Å². The number of nitrogens with one attached hydrogen (secondary N) is 1. The quantitative estimate of drug-likeness (QED) is 0.865. The molecule has 0 saturated carbocycles. The summed E-state index contributed by atoms with van der Waals surface area (Å²) in [6, 6.07) is 2.06. The van der Waals surface area contributed by atoms with E-state index in [-0.39, 0.29) is 5.54 Å². The highest BCUT2D eigenvalue weighted by Gasteiger charge is 2.10. The second-order valence-corrected chi connectivity index (χ2v) is 7.46. The maximum atomic E-state index is 4.64. The van der Waals surface area contributed by atoms with Gasteiger partial charge in [0.05, 0.1) is 11.4 Å². The maximum absolute atomic E-state index is 4.64. The molecule has 1 heterocycles. The molecule has 0 saturated heterocycles. The van der Waals surface area contributed by atoms with Gasteiger partial charge in [0.2, 0.25) is 0 Å². The molecule has 1 aromatic rings. The normalized spacial score (nSPS) is 12.2. The van der Waals surface area contributed by atoms with Crippen LogP contribution in [0, 0.1) is 12.8 Å². The van der Waals surface area contributed by atoms with Crippen molar-refractivity contribution in [2.45, 2.75) is 59.4 Å². The molecule has 0 bridgehead atoms. The summed E-state index contributed by atoms with van der Waals surface area (Å²) in [7, 11) is 0. The van der Waals surface area contributed by atoms with E-state index >= 15 is 0 Å². The molecule has 0 spiro atoms. The Labute approximate surface area is 122 Å². The first-order valence-corrected chi connectivity index (χ1v) is 8.08. The number of thioether (sulfide) groups is 1. The highest BCUT2D eigenvalue weighted by molar-refractivity contribution is 7.98. The predicted octanol–water partition coefficient (Wildman–Crippen LogP) is 3.56. The first-order chi connectivity index (χ1) is 8.76. The minimum atomic E-state index is 0.116. The van der Waals surface area contributed by atoms with Crippen molar-refractivity contribution in [3.8, 4) is 0 Å². The van der Waals surface area contributed by atoms with Crippen LogP contribution in [-0.2, 0) is 12.3 Å². The zero-order valence-electron chi connectivity index (χ0n) is 13.1. The van der Waals surface area contributed by atoms with Crippen LogP contribution in [0.4, 0.5) is 0 Å². The summed E-state index contributed by atoms with van der Waals surface area (Å²) in [5, 5.41) is 3.47. The number of hydrogen-bond donors (Lipinski definition) is 1. The summed E-state index contributed by atoms with van der Waals surface area (Å²) in [6.07, 6.45) is 0. The summed E-state index contributed by atoms with van der Waals surface area (Å²) in [4.78, 5) is 9.15. The van der Waals surface area contributed by atoms with Crippen molar-refractivity contribution in [1.82, 2.24) is 15.3 Å². The SMILES string of the molecule is Cc1cc(CNC(C)(C)C)nc(CSCC(C)C)n1. The van der Waals surface area contributed by atoms with Crippen molar-refractivity contribution >= 4 is 11.8 Å². The van der Waals surface area contributed by atoms with Gasteiger partial charge >= 0.3 is 0 Å². The maximum Gasteiger partial charge on any atom is 0.138 e. The van der Waals surface area contributed by atoms with Gasteiger partial charge in [-0.05, 0) is 45.4 Å². The van der Waals surface area contributed by atoms with Crippen molar-refractivity contribution in [2.75, 3.05) is 5.75 Å². The molecule has 3 nitrogen and oxygen atoms in total. The monoisotopic (exact) mass is 281 g/mol. The molecule has 0 aliphatic carbocycles. The molecule has 0 aliphatic rings. The zero-order chi connectivity index (χ0) is 14.5.